The SMILES string of the molecule is NNC(C1=COCCC1)c1cc(Br)cs1. The van der Waals surface area contributed by atoms with Crippen molar-refractivity contribution in [1.29, 1.82) is 0 Å². The van der Waals surface area contributed by atoms with Crippen molar-refractivity contribution in [2.75, 3.05) is 6.61 Å². The van der Waals surface area contributed by atoms with E-state index in [0.29, 0.717) is 0 Å². The second-order valence-corrected chi connectivity index (χ2v) is 5.29. The van der Waals surface area contributed by atoms with E-state index < -0.39 is 0 Å². The van der Waals surface area contributed by atoms with Crippen LogP contribution in [0.2, 0.25) is 0 Å². The zero-order chi connectivity index (χ0) is 10.7. The molecule has 0 bridgehead atoms. The number of thiophene rings is 1. The van der Waals surface area contributed by atoms with Crippen molar-refractivity contribution in [3.63, 3.8) is 0 Å². The Bertz CT molecular complexity index is 364. The average Bonchev–Trinajstić information content (AvgIpc) is 2.68. The number of hydrogen-bond acceptors (Lipinski definition) is 4. The molecule has 1 atom stereocenters. The maximum absolute atomic E-state index is 5.59. The fourth-order valence-corrected chi connectivity index (χ4v) is 3.19. The molecule has 82 valence electrons. The van der Waals surface area contributed by atoms with Crippen molar-refractivity contribution >= 4 is 27.3 Å². The zero-order valence-corrected chi connectivity index (χ0v) is 10.6. The molecule has 1 aromatic heterocycles. The van der Waals surface area contributed by atoms with Gasteiger partial charge in [0, 0.05) is 14.7 Å². The van der Waals surface area contributed by atoms with Crippen LogP contribution in [-0.2, 0) is 4.74 Å². The summed E-state index contributed by atoms with van der Waals surface area (Å²) in [4.78, 5) is 1.21. The summed E-state index contributed by atoms with van der Waals surface area (Å²) in [6, 6.07) is 2.17. The maximum atomic E-state index is 5.59. The normalized spacial score (nSPS) is 18.1. The van der Waals surface area contributed by atoms with Crippen LogP contribution >= 0.6 is 27.3 Å². The molecule has 2 heterocycles. The van der Waals surface area contributed by atoms with Crippen molar-refractivity contribution in [1.82, 2.24) is 5.43 Å². The smallest absolute Gasteiger partial charge is 0.0876 e. The molecule has 0 aliphatic carbocycles. The Kier molecular flexibility index (Phi) is 3.80. The number of hydrazine groups is 1. The maximum Gasteiger partial charge on any atom is 0.0876 e. The van der Waals surface area contributed by atoms with Gasteiger partial charge in [0.2, 0.25) is 0 Å². The Morgan fingerprint density at radius 2 is 2.47 bits per heavy atom. The molecular weight excluding hydrogens is 276 g/mol. The van der Waals surface area contributed by atoms with E-state index in [1.54, 1.807) is 11.3 Å². The van der Waals surface area contributed by atoms with Gasteiger partial charge in [0.25, 0.3) is 0 Å². The third-order valence-corrected chi connectivity index (χ3v) is 4.13. The first-order valence-corrected chi connectivity index (χ1v) is 6.49. The third-order valence-electron chi connectivity index (χ3n) is 2.37. The van der Waals surface area contributed by atoms with Gasteiger partial charge in [-0.2, -0.15) is 0 Å². The van der Waals surface area contributed by atoms with E-state index in [9.17, 15) is 0 Å². The minimum atomic E-state index is 0.0848. The summed E-state index contributed by atoms with van der Waals surface area (Å²) < 4.78 is 6.43. The van der Waals surface area contributed by atoms with Gasteiger partial charge in [0.15, 0.2) is 0 Å². The second kappa shape index (κ2) is 5.12. The molecule has 3 nitrogen and oxygen atoms in total. The Labute approximate surface area is 101 Å². The molecule has 5 heteroatoms. The first-order chi connectivity index (χ1) is 7.31. The van der Waals surface area contributed by atoms with Gasteiger partial charge in [-0.1, -0.05) is 0 Å². The minimum absolute atomic E-state index is 0.0848. The van der Waals surface area contributed by atoms with Gasteiger partial charge in [0.05, 0.1) is 18.9 Å². The molecule has 1 aliphatic rings. The van der Waals surface area contributed by atoms with Gasteiger partial charge in [-0.25, -0.2) is 5.43 Å². The number of rotatable bonds is 3. The van der Waals surface area contributed by atoms with Gasteiger partial charge in [-0.05, 0) is 40.4 Å². The van der Waals surface area contributed by atoms with Gasteiger partial charge < -0.3 is 4.74 Å². The molecule has 0 radical (unpaired) electrons. The summed E-state index contributed by atoms with van der Waals surface area (Å²) in [5.41, 5.74) is 4.06. The summed E-state index contributed by atoms with van der Waals surface area (Å²) in [6.07, 6.45) is 3.95. The molecule has 0 aromatic carbocycles. The fraction of sp³-hybridized carbons (Fsp3) is 0.400. The summed E-state index contributed by atoms with van der Waals surface area (Å²) in [6.45, 7) is 0.814. The van der Waals surface area contributed by atoms with E-state index >= 15 is 0 Å². The largest absolute Gasteiger partial charge is 0.501 e. The third kappa shape index (κ3) is 2.60. The van der Waals surface area contributed by atoms with Crippen molar-refractivity contribution in [2.24, 2.45) is 5.84 Å². The van der Waals surface area contributed by atoms with Crippen molar-refractivity contribution in [3.05, 3.63) is 32.6 Å². The molecule has 0 saturated carbocycles. The Hall–Kier alpha value is -0.360. The van der Waals surface area contributed by atoms with Crippen LogP contribution in [0.25, 0.3) is 0 Å². The lowest BCUT2D eigenvalue weighted by molar-refractivity contribution is 0.219. The quantitative estimate of drug-likeness (QED) is 0.664. The van der Waals surface area contributed by atoms with Gasteiger partial charge in [0.1, 0.15) is 0 Å². The summed E-state index contributed by atoms with van der Waals surface area (Å²) in [5.74, 6) is 5.59. The summed E-state index contributed by atoms with van der Waals surface area (Å²) >= 11 is 5.13. The second-order valence-electron chi connectivity index (χ2n) is 3.43. The lowest BCUT2D eigenvalue weighted by Crippen LogP contribution is -2.29. The minimum Gasteiger partial charge on any atom is -0.501 e. The molecule has 2 rings (SSSR count). The van der Waals surface area contributed by atoms with Crippen LogP contribution in [0.15, 0.2) is 27.8 Å². The molecule has 0 spiro atoms. The van der Waals surface area contributed by atoms with Crippen LogP contribution in [0.4, 0.5) is 0 Å². The van der Waals surface area contributed by atoms with E-state index in [0.717, 1.165) is 23.9 Å². The molecule has 1 aromatic rings. The Balaban J connectivity index is 2.19. The molecule has 1 aliphatic heterocycles. The average molecular weight is 289 g/mol. The molecular formula is C10H13BrN2OS. The highest BCUT2D eigenvalue weighted by Gasteiger charge is 2.19. The highest BCUT2D eigenvalue weighted by Crippen LogP contribution is 2.32. The number of nitrogens with two attached hydrogens (primary N) is 1. The topological polar surface area (TPSA) is 47.3 Å². The van der Waals surface area contributed by atoms with Gasteiger partial charge in [-0.15, -0.1) is 11.3 Å². The summed E-state index contributed by atoms with van der Waals surface area (Å²) in [5, 5.41) is 2.06. The molecule has 1 unspecified atom stereocenters. The van der Waals surface area contributed by atoms with Crippen molar-refractivity contribution < 1.29 is 4.74 Å². The summed E-state index contributed by atoms with van der Waals surface area (Å²) in [7, 11) is 0. The van der Waals surface area contributed by atoms with Crippen LogP contribution in [0.5, 0.6) is 0 Å². The van der Waals surface area contributed by atoms with E-state index in [1.165, 1.54) is 10.5 Å². The number of nitrogens with one attached hydrogen (secondary N) is 1. The van der Waals surface area contributed by atoms with Crippen LogP contribution < -0.4 is 11.3 Å². The fourth-order valence-electron chi connectivity index (χ4n) is 1.65. The van der Waals surface area contributed by atoms with E-state index in [-0.39, 0.29) is 6.04 Å². The van der Waals surface area contributed by atoms with Crippen LogP contribution in [0, 0.1) is 0 Å². The van der Waals surface area contributed by atoms with Crippen molar-refractivity contribution in [3.8, 4) is 0 Å². The number of ether oxygens (including phenoxy) is 1. The zero-order valence-electron chi connectivity index (χ0n) is 8.20. The molecule has 3 N–H and O–H groups in total. The highest BCUT2D eigenvalue weighted by molar-refractivity contribution is 9.10. The van der Waals surface area contributed by atoms with Crippen molar-refractivity contribution in [2.45, 2.75) is 18.9 Å². The van der Waals surface area contributed by atoms with E-state index in [2.05, 4.69) is 32.8 Å². The van der Waals surface area contributed by atoms with Gasteiger partial charge >= 0.3 is 0 Å². The molecule has 0 amide bonds. The van der Waals surface area contributed by atoms with Crippen LogP contribution in [0.3, 0.4) is 0 Å². The van der Waals surface area contributed by atoms with Gasteiger partial charge in [-0.3, -0.25) is 5.84 Å². The van der Waals surface area contributed by atoms with Crippen LogP contribution in [-0.4, -0.2) is 6.61 Å². The van der Waals surface area contributed by atoms with E-state index in [4.69, 9.17) is 10.6 Å². The number of halogens is 1. The predicted molar refractivity (Wildman–Crippen MR) is 65.4 cm³/mol. The lowest BCUT2D eigenvalue weighted by Gasteiger charge is -2.21. The van der Waals surface area contributed by atoms with Crippen LogP contribution in [0.1, 0.15) is 23.8 Å². The first kappa shape index (κ1) is 11.1. The lowest BCUT2D eigenvalue weighted by atomic mass is 10.0. The Morgan fingerprint density at radius 1 is 1.60 bits per heavy atom. The standard InChI is InChI=1S/C10H13BrN2OS/c11-8-4-9(15-6-8)10(13-12)7-2-1-3-14-5-7/h4-6,10,13H,1-3,12H2. The molecule has 15 heavy (non-hydrogen) atoms. The first-order valence-electron chi connectivity index (χ1n) is 4.82. The predicted octanol–water partition coefficient (Wildman–Crippen LogP) is 2.71. The van der Waals surface area contributed by atoms with E-state index in [1.807, 2.05) is 6.26 Å². The highest BCUT2D eigenvalue weighted by atomic mass is 79.9. The Morgan fingerprint density at radius 3 is 3.00 bits per heavy atom. The molecule has 0 saturated heterocycles. The molecule has 0 fully saturated rings. The number of hydrogen-bond donors (Lipinski definition) is 2. The monoisotopic (exact) mass is 288 g/mol.